The predicted octanol–water partition coefficient (Wildman–Crippen LogP) is -0.133. The fourth-order valence-corrected chi connectivity index (χ4v) is 4.26. The number of carbonyl (C=O) groups excluding carboxylic acids is 2. The van der Waals surface area contributed by atoms with Crippen LogP contribution >= 0.6 is 34.4 Å². The van der Waals surface area contributed by atoms with E-state index >= 15 is 0 Å². The van der Waals surface area contributed by atoms with Crippen molar-refractivity contribution in [3.8, 4) is 0 Å². The van der Waals surface area contributed by atoms with Gasteiger partial charge in [0.25, 0.3) is 5.69 Å². The van der Waals surface area contributed by atoms with Crippen LogP contribution < -0.4 is 16.4 Å². The summed E-state index contributed by atoms with van der Waals surface area (Å²) in [6, 6.07) is -0.558. The van der Waals surface area contributed by atoms with E-state index in [1.54, 1.807) is 22.6 Å². The van der Waals surface area contributed by atoms with E-state index < -0.39 is 59.0 Å². The van der Waals surface area contributed by atoms with E-state index in [-0.39, 0.29) is 32.6 Å². The lowest BCUT2D eigenvalue weighted by Gasteiger charge is -2.18. The van der Waals surface area contributed by atoms with Gasteiger partial charge in [0.2, 0.25) is 11.8 Å². The number of rotatable bonds is 13. The van der Waals surface area contributed by atoms with Gasteiger partial charge in [0.1, 0.15) is 22.2 Å². The van der Waals surface area contributed by atoms with Crippen LogP contribution in [0.15, 0.2) is 17.0 Å². The van der Waals surface area contributed by atoms with Crippen molar-refractivity contribution in [2.24, 2.45) is 5.73 Å². The molecule has 0 saturated carbocycles. The maximum absolute atomic E-state index is 12.4. The van der Waals surface area contributed by atoms with E-state index in [0.717, 1.165) is 17.8 Å². The Bertz CT molecular complexity index is 973. The average molecular weight is 598 g/mol. The summed E-state index contributed by atoms with van der Waals surface area (Å²) in [6.07, 6.45) is -0.555. The molecule has 0 aromatic heterocycles. The Hall–Kier alpha value is -2.99. The molecular formula is C17H19IN4O10S. The number of carbonyl (C=O) groups is 5. The van der Waals surface area contributed by atoms with Crippen LogP contribution in [0.5, 0.6) is 0 Å². The molecule has 0 aliphatic rings. The number of amides is 2. The van der Waals surface area contributed by atoms with Crippen molar-refractivity contribution in [3.63, 3.8) is 0 Å². The number of aliphatic carboxylic acids is 2. The minimum absolute atomic E-state index is 0.107. The molecule has 14 nitrogen and oxygen atoms in total. The Morgan fingerprint density at radius 3 is 2.33 bits per heavy atom. The summed E-state index contributed by atoms with van der Waals surface area (Å²) >= 11 is 2.48. The van der Waals surface area contributed by atoms with Crippen LogP contribution in [0, 0.1) is 13.7 Å². The largest absolute Gasteiger partial charge is 0.480 e. The van der Waals surface area contributed by atoms with Crippen molar-refractivity contribution >= 4 is 69.8 Å². The second-order valence-corrected chi connectivity index (χ2v) is 8.54. The van der Waals surface area contributed by atoms with Gasteiger partial charge in [-0.3, -0.25) is 29.3 Å². The number of thioether (sulfide) groups is 1. The first-order valence-electron chi connectivity index (χ1n) is 8.94. The lowest BCUT2D eigenvalue weighted by atomic mass is 10.1. The number of nitrogens with one attached hydrogen (secondary N) is 2. The third-order valence-corrected chi connectivity index (χ3v) is 6.57. The van der Waals surface area contributed by atoms with Gasteiger partial charge in [-0.25, -0.2) is 4.79 Å². The monoisotopic (exact) mass is 598 g/mol. The molecule has 180 valence electrons. The second-order valence-electron chi connectivity index (χ2n) is 6.40. The highest BCUT2D eigenvalue weighted by atomic mass is 127. The van der Waals surface area contributed by atoms with E-state index in [2.05, 4.69) is 10.6 Å². The molecule has 0 spiro atoms. The number of nitrogens with zero attached hydrogens (tertiary/aromatic N) is 1. The Morgan fingerprint density at radius 1 is 1.18 bits per heavy atom. The van der Waals surface area contributed by atoms with Crippen LogP contribution in [0.1, 0.15) is 23.2 Å². The van der Waals surface area contributed by atoms with Gasteiger partial charge in [0, 0.05) is 23.1 Å². The second kappa shape index (κ2) is 12.9. The number of carboxylic acid groups (broad SMARTS) is 3. The van der Waals surface area contributed by atoms with Crippen LogP contribution in [0.25, 0.3) is 0 Å². The number of hydrogen-bond acceptors (Lipinski definition) is 9. The third kappa shape index (κ3) is 9.18. The molecule has 0 aliphatic carbocycles. The summed E-state index contributed by atoms with van der Waals surface area (Å²) in [5.74, 6) is -5.91. The maximum atomic E-state index is 12.4. The lowest BCUT2D eigenvalue weighted by molar-refractivity contribution is -0.386. The Morgan fingerprint density at radius 2 is 1.82 bits per heavy atom. The number of benzene rings is 1. The number of carboxylic acids is 3. The summed E-state index contributed by atoms with van der Waals surface area (Å²) in [4.78, 5) is 67.9. The van der Waals surface area contributed by atoms with Gasteiger partial charge in [0.15, 0.2) is 0 Å². The van der Waals surface area contributed by atoms with Crippen molar-refractivity contribution in [2.75, 3.05) is 12.3 Å². The fraction of sp³-hybridized carbons (Fsp3) is 0.353. The summed E-state index contributed by atoms with van der Waals surface area (Å²) in [5, 5.41) is 42.4. The van der Waals surface area contributed by atoms with Crippen LogP contribution in [0.4, 0.5) is 5.69 Å². The molecule has 1 rings (SSSR count). The zero-order valence-corrected chi connectivity index (χ0v) is 19.6. The molecule has 0 radical (unpaired) electrons. The van der Waals surface area contributed by atoms with Gasteiger partial charge in [-0.15, -0.1) is 11.8 Å². The van der Waals surface area contributed by atoms with Crippen molar-refractivity contribution in [3.05, 3.63) is 31.4 Å². The molecule has 16 heteroatoms. The smallest absolute Gasteiger partial charge is 0.335 e. The molecule has 7 N–H and O–H groups in total. The van der Waals surface area contributed by atoms with E-state index in [4.69, 9.17) is 15.9 Å². The van der Waals surface area contributed by atoms with Gasteiger partial charge in [-0.1, -0.05) is 0 Å². The first-order valence-corrected chi connectivity index (χ1v) is 11.0. The zero-order valence-electron chi connectivity index (χ0n) is 16.6. The molecule has 2 atom stereocenters. The summed E-state index contributed by atoms with van der Waals surface area (Å²) < 4.78 is 0.107. The van der Waals surface area contributed by atoms with Gasteiger partial charge in [0.05, 0.1) is 10.5 Å². The standard InChI is InChI=1S/C17H19IN4O10S/c18-14-10(22(31)32)3-7(16(27)28)4-11(14)33-6-9(15(26)20-5-13(24)25)21-12(23)2-1-8(19)17(29)30/h3-4,8-9H,1-2,5-6,19H2,(H,20,26)(H,21,23)(H,24,25)(H,27,28)(H,29,30). The van der Waals surface area contributed by atoms with Crippen LogP contribution in [-0.2, 0) is 19.2 Å². The number of aromatic carboxylic acids is 1. The average Bonchev–Trinajstić information content (AvgIpc) is 2.73. The molecule has 33 heavy (non-hydrogen) atoms. The maximum Gasteiger partial charge on any atom is 0.335 e. The highest BCUT2D eigenvalue weighted by molar-refractivity contribution is 14.1. The van der Waals surface area contributed by atoms with Crippen molar-refractivity contribution < 1.29 is 44.2 Å². The Labute approximate surface area is 203 Å². The first-order chi connectivity index (χ1) is 15.3. The van der Waals surface area contributed by atoms with Gasteiger partial charge in [-0.2, -0.15) is 0 Å². The van der Waals surface area contributed by atoms with Gasteiger partial charge >= 0.3 is 17.9 Å². The summed E-state index contributed by atoms with van der Waals surface area (Å²) in [6.45, 7) is -0.739. The lowest BCUT2D eigenvalue weighted by Crippen LogP contribution is -2.49. The number of nitro benzene ring substituents is 1. The molecule has 0 bridgehead atoms. The molecular weight excluding hydrogens is 579 g/mol. The minimum Gasteiger partial charge on any atom is -0.480 e. The summed E-state index contributed by atoms with van der Waals surface area (Å²) in [5.41, 5.74) is 4.51. The van der Waals surface area contributed by atoms with Crippen molar-refractivity contribution in [2.45, 2.75) is 29.8 Å². The van der Waals surface area contributed by atoms with Crippen molar-refractivity contribution in [1.82, 2.24) is 10.6 Å². The minimum atomic E-state index is -1.41. The molecule has 0 saturated heterocycles. The van der Waals surface area contributed by atoms with Crippen LogP contribution in [-0.4, -0.2) is 74.3 Å². The van der Waals surface area contributed by atoms with E-state index in [9.17, 15) is 39.2 Å². The Balaban J connectivity index is 3.06. The zero-order chi connectivity index (χ0) is 25.3. The predicted molar refractivity (Wildman–Crippen MR) is 121 cm³/mol. The number of nitrogens with two attached hydrogens (primary N) is 1. The molecule has 0 heterocycles. The topological polar surface area (TPSA) is 239 Å². The third-order valence-electron chi connectivity index (χ3n) is 3.93. The SMILES string of the molecule is NC(CCC(=O)NC(CSc1cc(C(=O)O)cc([N+](=O)[O-])c1I)C(=O)NCC(=O)O)C(=O)O. The van der Waals surface area contributed by atoms with Crippen LogP contribution in [0.3, 0.4) is 0 Å². The molecule has 1 aromatic carbocycles. The number of halogens is 1. The molecule has 0 aliphatic heterocycles. The van der Waals surface area contributed by atoms with E-state index in [0.29, 0.717) is 0 Å². The molecule has 0 fully saturated rings. The van der Waals surface area contributed by atoms with E-state index in [1.165, 1.54) is 6.07 Å². The number of nitro groups is 1. The summed E-state index contributed by atoms with van der Waals surface area (Å²) in [7, 11) is 0. The highest BCUT2D eigenvalue weighted by Gasteiger charge is 2.25. The molecule has 2 amide bonds. The van der Waals surface area contributed by atoms with Crippen LogP contribution in [0.2, 0.25) is 0 Å². The first kappa shape index (κ1) is 28.0. The van der Waals surface area contributed by atoms with Crippen molar-refractivity contribution in [1.29, 1.82) is 0 Å². The van der Waals surface area contributed by atoms with E-state index in [1.807, 2.05) is 0 Å². The number of hydrogen-bond donors (Lipinski definition) is 6. The molecule has 2 unspecified atom stereocenters. The molecule has 1 aromatic rings. The van der Waals surface area contributed by atoms with Gasteiger partial charge < -0.3 is 31.7 Å². The fourth-order valence-electron chi connectivity index (χ4n) is 2.26. The quantitative estimate of drug-likeness (QED) is 0.0753. The Kier molecular flexibility index (Phi) is 11.0. The highest BCUT2D eigenvalue weighted by Crippen LogP contribution is 2.33. The normalized spacial score (nSPS) is 12.3. The van der Waals surface area contributed by atoms with Gasteiger partial charge in [-0.05, 0) is 35.1 Å².